The Balaban J connectivity index is 1.78. The van der Waals surface area contributed by atoms with E-state index in [1.165, 1.54) is 10.4 Å². The molecule has 1 aliphatic heterocycles. The van der Waals surface area contributed by atoms with Gasteiger partial charge in [-0.25, -0.2) is 0 Å². The van der Waals surface area contributed by atoms with E-state index in [0.29, 0.717) is 19.5 Å². The van der Waals surface area contributed by atoms with Gasteiger partial charge in [0.05, 0.1) is 6.54 Å². The van der Waals surface area contributed by atoms with Crippen molar-refractivity contribution in [2.24, 2.45) is 0 Å². The summed E-state index contributed by atoms with van der Waals surface area (Å²) in [4.78, 5) is 29.9. The molecule has 6 heteroatoms. The monoisotopic (exact) mass is 351 g/mol. The normalized spacial score (nSPS) is 14.6. The fraction of sp³-hybridized carbons (Fsp3) is 0.667. The lowest BCUT2D eigenvalue weighted by atomic mass is 10.1. The summed E-state index contributed by atoms with van der Waals surface area (Å²) >= 11 is 1.78. The van der Waals surface area contributed by atoms with Crippen LogP contribution in [0.5, 0.6) is 0 Å². The van der Waals surface area contributed by atoms with E-state index in [1.54, 1.807) is 11.3 Å². The molecule has 0 radical (unpaired) electrons. The number of nitrogens with one attached hydrogen (secondary N) is 1. The molecule has 2 heterocycles. The van der Waals surface area contributed by atoms with Crippen LogP contribution in [0.2, 0.25) is 0 Å². The van der Waals surface area contributed by atoms with Crippen molar-refractivity contribution in [2.45, 2.75) is 52.6 Å². The Labute approximate surface area is 149 Å². The van der Waals surface area contributed by atoms with Gasteiger partial charge in [-0.15, -0.1) is 11.3 Å². The molecule has 2 rings (SSSR count). The van der Waals surface area contributed by atoms with Gasteiger partial charge in [-0.3, -0.25) is 14.5 Å². The number of likely N-dealkylation sites (N-methyl/N-ethyl adjacent to an activating group) is 1. The van der Waals surface area contributed by atoms with Gasteiger partial charge >= 0.3 is 0 Å². The highest BCUT2D eigenvalue weighted by atomic mass is 32.1. The van der Waals surface area contributed by atoms with Crippen LogP contribution in [0.4, 0.5) is 0 Å². The molecule has 1 aromatic heterocycles. The zero-order chi connectivity index (χ0) is 17.7. The van der Waals surface area contributed by atoms with E-state index in [4.69, 9.17) is 0 Å². The van der Waals surface area contributed by atoms with E-state index in [1.807, 2.05) is 37.5 Å². The number of thiophene rings is 1. The third kappa shape index (κ3) is 5.60. The number of carbonyl (C=O) groups excluding carboxylic acids is 2. The number of hydrogen-bond acceptors (Lipinski definition) is 4. The minimum Gasteiger partial charge on any atom is -0.350 e. The van der Waals surface area contributed by atoms with Gasteiger partial charge < -0.3 is 10.2 Å². The van der Waals surface area contributed by atoms with Crippen molar-refractivity contribution >= 4 is 23.2 Å². The maximum atomic E-state index is 12.5. The van der Waals surface area contributed by atoms with Crippen molar-refractivity contribution in [2.75, 3.05) is 26.2 Å². The minimum absolute atomic E-state index is 0.0117. The third-order valence-electron chi connectivity index (χ3n) is 4.13. The van der Waals surface area contributed by atoms with Crippen LogP contribution in [0.1, 0.15) is 44.6 Å². The molecule has 0 fully saturated rings. The summed E-state index contributed by atoms with van der Waals surface area (Å²) in [6.45, 7) is 11.2. The van der Waals surface area contributed by atoms with Crippen LogP contribution >= 0.6 is 11.3 Å². The van der Waals surface area contributed by atoms with E-state index in [0.717, 1.165) is 26.1 Å². The lowest BCUT2D eigenvalue weighted by molar-refractivity contribution is -0.133. The second-order valence-corrected chi connectivity index (χ2v) is 8.35. The van der Waals surface area contributed by atoms with Gasteiger partial charge in [0, 0.05) is 36.5 Å². The lowest BCUT2D eigenvalue weighted by Gasteiger charge is -2.28. The summed E-state index contributed by atoms with van der Waals surface area (Å²) in [5, 5.41) is 5.07. The second kappa shape index (κ2) is 8.12. The molecule has 0 aliphatic carbocycles. The molecule has 0 spiro atoms. The van der Waals surface area contributed by atoms with E-state index in [2.05, 4.69) is 16.8 Å². The quantitative estimate of drug-likeness (QED) is 0.855. The molecule has 1 aromatic rings. The molecule has 24 heavy (non-hydrogen) atoms. The Morgan fingerprint density at radius 2 is 2.12 bits per heavy atom. The van der Waals surface area contributed by atoms with Crippen LogP contribution in [-0.2, 0) is 22.6 Å². The topological polar surface area (TPSA) is 52.7 Å². The number of amides is 2. The first kappa shape index (κ1) is 18.9. The van der Waals surface area contributed by atoms with Gasteiger partial charge in [0.1, 0.15) is 0 Å². The number of carbonyl (C=O) groups is 2. The number of hydrogen-bond donors (Lipinski definition) is 1. The smallest absolute Gasteiger partial charge is 0.234 e. The van der Waals surface area contributed by atoms with Gasteiger partial charge in [0.15, 0.2) is 0 Å². The zero-order valence-corrected chi connectivity index (χ0v) is 16.0. The van der Waals surface area contributed by atoms with Gasteiger partial charge in [-0.2, -0.15) is 0 Å². The van der Waals surface area contributed by atoms with Crippen molar-refractivity contribution in [3.8, 4) is 0 Å². The first-order valence-electron chi connectivity index (χ1n) is 8.65. The number of fused-ring (bicyclic) bond motifs is 1. The van der Waals surface area contributed by atoms with Crippen LogP contribution < -0.4 is 5.32 Å². The van der Waals surface area contributed by atoms with Crippen molar-refractivity contribution in [1.82, 2.24) is 15.1 Å². The van der Waals surface area contributed by atoms with Crippen LogP contribution in [-0.4, -0.2) is 53.3 Å². The van der Waals surface area contributed by atoms with Crippen LogP contribution in [0.3, 0.4) is 0 Å². The standard InChI is InChI=1S/C18H29N3O2S/c1-5-20(13-16(22)19-18(2,3)4)9-7-17(23)21-10-6-15-14(12-21)8-11-24-15/h8,11H,5-7,9-10,12-13H2,1-4H3,(H,19,22). The molecule has 0 saturated heterocycles. The van der Waals surface area contributed by atoms with E-state index >= 15 is 0 Å². The Morgan fingerprint density at radius 1 is 1.38 bits per heavy atom. The molecular formula is C18H29N3O2S. The summed E-state index contributed by atoms with van der Waals surface area (Å²) < 4.78 is 0. The van der Waals surface area contributed by atoms with Gasteiger partial charge in [-0.05, 0) is 50.7 Å². The molecule has 134 valence electrons. The molecule has 0 atom stereocenters. The number of rotatable bonds is 6. The Bertz CT molecular complexity index is 577. The average Bonchev–Trinajstić information content (AvgIpc) is 2.96. The molecule has 0 unspecified atom stereocenters. The highest BCUT2D eigenvalue weighted by molar-refractivity contribution is 7.10. The van der Waals surface area contributed by atoms with E-state index in [9.17, 15) is 9.59 Å². The summed E-state index contributed by atoms with van der Waals surface area (Å²) in [6.07, 6.45) is 1.43. The van der Waals surface area contributed by atoms with Gasteiger partial charge in [-0.1, -0.05) is 6.92 Å². The second-order valence-electron chi connectivity index (χ2n) is 7.35. The van der Waals surface area contributed by atoms with Crippen LogP contribution in [0.25, 0.3) is 0 Å². The SMILES string of the molecule is CCN(CCC(=O)N1CCc2sccc2C1)CC(=O)NC(C)(C)C. The largest absolute Gasteiger partial charge is 0.350 e. The lowest BCUT2D eigenvalue weighted by Crippen LogP contribution is -2.46. The van der Waals surface area contributed by atoms with E-state index < -0.39 is 0 Å². The van der Waals surface area contributed by atoms with Gasteiger partial charge in [0.25, 0.3) is 0 Å². The van der Waals surface area contributed by atoms with E-state index in [-0.39, 0.29) is 17.4 Å². The average molecular weight is 352 g/mol. The zero-order valence-electron chi connectivity index (χ0n) is 15.2. The molecule has 1 N–H and O–H groups in total. The van der Waals surface area contributed by atoms with Crippen LogP contribution in [0, 0.1) is 0 Å². The Kier molecular flexibility index (Phi) is 6.40. The van der Waals surface area contributed by atoms with Crippen molar-refractivity contribution in [3.05, 3.63) is 21.9 Å². The minimum atomic E-state index is -0.224. The first-order valence-corrected chi connectivity index (χ1v) is 9.53. The first-order chi connectivity index (χ1) is 11.3. The maximum Gasteiger partial charge on any atom is 0.234 e. The van der Waals surface area contributed by atoms with Crippen molar-refractivity contribution in [1.29, 1.82) is 0 Å². The molecule has 5 nitrogen and oxygen atoms in total. The molecular weight excluding hydrogens is 322 g/mol. The number of nitrogens with zero attached hydrogens (tertiary/aromatic N) is 2. The predicted octanol–water partition coefficient (Wildman–Crippen LogP) is 2.26. The molecule has 2 amide bonds. The fourth-order valence-corrected chi connectivity index (χ4v) is 3.77. The molecule has 0 bridgehead atoms. The van der Waals surface area contributed by atoms with Crippen molar-refractivity contribution < 1.29 is 9.59 Å². The maximum absolute atomic E-state index is 12.5. The molecule has 1 aliphatic rings. The third-order valence-corrected chi connectivity index (χ3v) is 5.15. The van der Waals surface area contributed by atoms with Crippen LogP contribution in [0.15, 0.2) is 11.4 Å². The molecule has 0 saturated carbocycles. The predicted molar refractivity (Wildman–Crippen MR) is 98.1 cm³/mol. The van der Waals surface area contributed by atoms with Crippen molar-refractivity contribution in [3.63, 3.8) is 0 Å². The summed E-state index contributed by atoms with van der Waals surface area (Å²) in [5.41, 5.74) is 1.06. The Hall–Kier alpha value is -1.40. The fourth-order valence-electron chi connectivity index (χ4n) is 2.88. The summed E-state index contributed by atoms with van der Waals surface area (Å²) in [6, 6.07) is 2.12. The summed E-state index contributed by atoms with van der Waals surface area (Å²) in [7, 11) is 0. The molecule has 0 aromatic carbocycles. The van der Waals surface area contributed by atoms with Gasteiger partial charge in [0.2, 0.25) is 11.8 Å². The highest BCUT2D eigenvalue weighted by Crippen LogP contribution is 2.24. The highest BCUT2D eigenvalue weighted by Gasteiger charge is 2.22. The summed E-state index contributed by atoms with van der Waals surface area (Å²) in [5.74, 6) is 0.194. The Morgan fingerprint density at radius 3 is 2.79 bits per heavy atom.